The van der Waals surface area contributed by atoms with Gasteiger partial charge in [0.2, 0.25) is 11.8 Å². The van der Waals surface area contributed by atoms with Gasteiger partial charge < -0.3 is 24.8 Å². The fourth-order valence-corrected chi connectivity index (χ4v) is 2.79. The highest BCUT2D eigenvalue weighted by Gasteiger charge is 2.31. The van der Waals surface area contributed by atoms with Crippen molar-refractivity contribution in [2.45, 2.75) is 38.8 Å². The predicted octanol–water partition coefficient (Wildman–Crippen LogP) is 1.75. The number of ether oxygens (including phenoxy) is 2. The summed E-state index contributed by atoms with van der Waals surface area (Å²) in [6.07, 6.45) is 1.81. The van der Waals surface area contributed by atoms with Gasteiger partial charge in [-0.2, -0.15) is 0 Å². The summed E-state index contributed by atoms with van der Waals surface area (Å²) >= 11 is 0. The lowest BCUT2D eigenvalue weighted by molar-refractivity contribution is -0.136. The van der Waals surface area contributed by atoms with E-state index in [4.69, 9.17) is 14.6 Å². The molecular formula is C17H25N3O5. The number of piperidine rings is 1. The van der Waals surface area contributed by atoms with Crippen LogP contribution in [-0.2, 0) is 4.79 Å². The molecule has 2 amide bonds. The van der Waals surface area contributed by atoms with Crippen molar-refractivity contribution >= 4 is 12.0 Å². The molecule has 0 spiro atoms. The van der Waals surface area contributed by atoms with Crippen LogP contribution in [0.4, 0.5) is 4.79 Å². The summed E-state index contributed by atoms with van der Waals surface area (Å²) < 4.78 is 10.9. The average Bonchev–Trinajstić information content (AvgIpc) is 2.60. The average molecular weight is 351 g/mol. The number of methoxy groups -OCH3 is 1. The second kappa shape index (κ2) is 8.55. The normalized spacial score (nSPS) is 16.4. The Morgan fingerprint density at radius 2 is 2.00 bits per heavy atom. The van der Waals surface area contributed by atoms with Crippen LogP contribution < -0.4 is 14.8 Å². The van der Waals surface area contributed by atoms with Gasteiger partial charge in [0.05, 0.1) is 13.3 Å². The van der Waals surface area contributed by atoms with Gasteiger partial charge in [0.15, 0.2) is 0 Å². The minimum Gasteiger partial charge on any atom is -0.489 e. The summed E-state index contributed by atoms with van der Waals surface area (Å²) in [6, 6.07) is 2.81. The van der Waals surface area contributed by atoms with Gasteiger partial charge in [-0.15, -0.1) is 0 Å². The molecule has 0 bridgehead atoms. The minimum atomic E-state index is -1.18. The van der Waals surface area contributed by atoms with E-state index in [0.717, 1.165) is 0 Å². The van der Waals surface area contributed by atoms with Crippen LogP contribution in [0.1, 0.15) is 26.7 Å². The van der Waals surface area contributed by atoms with Crippen molar-refractivity contribution in [2.75, 3.05) is 20.2 Å². The number of nitrogens with zero attached hydrogens (tertiary/aromatic N) is 2. The largest absolute Gasteiger partial charge is 0.489 e. The SMILES string of the molecule is COc1ccc(OC2CCN(C(=O)[C@@H](NC(=O)O)C(C)C)CC2)cn1. The van der Waals surface area contributed by atoms with Crippen molar-refractivity contribution in [3.8, 4) is 11.6 Å². The first-order valence-electron chi connectivity index (χ1n) is 8.35. The Balaban J connectivity index is 1.87. The quantitative estimate of drug-likeness (QED) is 0.810. The number of likely N-dealkylation sites (tertiary alicyclic amines) is 1. The Bertz CT molecular complexity index is 582. The zero-order valence-corrected chi connectivity index (χ0v) is 14.8. The van der Waals surface area contributed by atoms with Gasteiger partial charge >= 0.3 is 6.09 Å². The topological polar surface area (TPSA) is 101 Å². The third-order valence-electron chi connectivity index (χ3n) is 4.19. The van der Waals surface area contributed by atoms with E-state index in [1.807, 2.05) is 13.8 Å². The highest BCUT2D eigenvalue weighted by Crippen LogP contribution is 2.21. The summed E-state index contributed by atoms with van der Waals surface area (Å²) in [5.41, 5.74) is 0. The van der Waals surface area contributed by atoms with E-state index in [1.165, 1.54) is 0 Å². The molecule has 0 aromatic carbocycles. The number of carbonyl (C=O) groups excluding carboxylic acids is 1. The van der Waals surface area contributed by atoms with E-state index in [9.17, 15) is 9.59 Å². The van der Waals surface area contributed by atoms with Crippen molar-refractivity contribution in [2.24, 2.45) is 5.92 Å². The Morgan fingerprint density at radius 1 is 1.32 bits per heavy atom. The highest BCUT2D eigenvalue weighted by atomic mass is 16.5. The molecule has 2 heterocycles. The number of hydrogen-bond donors (Lipinski definition) is 2. The Hall–Kier alpha value is -2.51. The Morgan fingerprint density at radius 3 is 2.48 bits per heavy atom. The van der Waals surface area contributed by atoms with Crippen LogP contribution in [0.15, 0.2) is 18.3 Å². The summed E-state index contributed by atoms with van der Waals surface area (Å²) in [6.45, 7) is 4.73. The second-order valence-electron chi connectivity index (χ2n) is 6.35. The summed E-state index contributed by atoms with van der Waals surface area (Å²) in [5.74, 6) is 0.904. The molecule has 1 fully saturated rings. The molecule has 25 heavy (non-hydrogen) atoms. The molecule has 0 unspecified atom stereocenters. The Labute approximate surface area is 147 Å². The standard InChI is InChI=1S/C17H25N3O5/c1-11(2)15(19-17(22)23)16(21)20-8-6-12(7-9-20)25-13-4-5-14(24-3)18-10-13/h4-5,10-12,15,19H,6-9H2,1-3H3,(H,22,23)/t15-/m0/s1. The first-order chi connectivity index (χ1) is 11.9. The fourth-order valence-electron chi connectivity index (χ4n) is 2.79. The predicted molar refractivity (Wildman–Crippen MR) is 90.8 cm³/mol. The molecule has 8 nitrogen and oxygen atoms in total. The third kappa shape index (κ3) is 5.23. The monoisotopic (exact) mass is 351 g/mol. The summed E-state index contributed by atoms with van der Waals surface area (Å²) in [5, 5.41) is 11.2. The molecule has 2 N–H and O–H groups in total. The van der Waals surface area contributed by atoms with E-state index >= 15 is 0 Å². The van der Waals surface area contributed by atoms with Crippen LogP contribution >= 0.6 is 0 Å². The van der Waals surface area contributed by atoms with Crippen LogP contribution in [0.25, 0.3) is 0 Å². The van der Waals surface area contributed by atoms with Crippen LogP contribution in [0.5, 0.6) is 11.6 Å². The van der Waals surface area contributed by atoms with Crippen molar-refractivity contribution in [3.05, 3.63) is 18.3 Å². The van der Waals surface area contributed by atoms with Crippen molar-refractivity contribution in [1.82, 2.24) is 15.2 Å². The lowest BCUT2D eigenvalue weighted by atomic mass is 10.0. The molecule has 1 aromatic heterocycles. The summed E-state index contributed by atoms with van der Waals surface area (Å²) in [4.78, 5) is 29.2. The van der Waals surface area contributed by atoms with Crippen LogP contribution in [0.2, 0.25) is 0 Å². The van der Waals surface area contributed by atoms with Gasteiger partial charge in [-0.25, -0.2) is 9.78 Å². The zero-order chi connectivity index (χ0) is 18.4. The number of aromatic nitrogens is 1. The first kappa shape index (κ1) is 18.8. The van der Waals surface area contributed by atoms with Crippen molar-refractivity contribution < 1.29 is 24.2 Å². The molecule has 8 heteroatoms. The maximum absolute atomic E-state index is 12.5. The van der Waals surface area contributed by atoms with E-state index in [1.54, 1.807) is 30.3 Å². The number of nitrogens with one attached hydrogen (secondary N) is 1. The molecule has 1 atom stereocenters. The zero-order valence-electron chi connectivity index (χ0n) is 14.8. The molecule has 1 saturated heterocycles. The van der Waals surface area contributed by atoms with Crippen LogP contribution in [-0.4, -0.2) is 59.3 Å². The highest BCUT2D eigenvalue weighted by molar-refractivity contribution is 5.85. The van der Waals surface area contributed by atoms with Crippen LogP contribution in [0.3, 0.4) is 0 Å². The molecule has 138 valence electrons. The summed E-state index contributed by atoms with van der Waals surface area (Å²) in [7, 11) is 1.55. The van der Waals surface area contributed by atoms with Gasteiger partial charge in [-0.05, 0) is 12.0 Å². The third-order valence-corrected chi connectivity index (χ3v) is 4.19. The van der Waals surface area contributed by atoms with Crippen molar-refractivity contribution in [1.29, 1.82) is 0 Å². The van der Waals surface area contributed by atoms with Gasteiger partial charge in [0, 0.05) is 32.0 Å². The molecular weight excluding hydrogens is 326 g/mol. The number of amides is 2. The second-order valence-corrected chi connectivity index (χ2v) is 6.35. The minimum absolute atomic E-state index is 0.00387. The van der Waals surface area contributed by atoms with E-state index in [2.05, 4.69) is 10.3 Å². The molecule has 0 radical (unpaired) electrons. The number of carboxylic acid groups (broad SMARTS) is 1. The first-order valence-corrected chi connectivity index (χ1v) is 8.35. The maximum Gasteiger partial charge on any atom is 0.405 e. The lowest BCUT2D eigenvalue weighted by Crippen LogP contribution is -2.53. The van der Waals surface area contributed by atoms with Crippen LogP contribution in [0, 0.1) is 5.92 Å². The van der Waals surface area contributed by atoms with E-state index in [-0.39, 0.29) is 17.9 Å². The molecule has 1 aliphatic heterocycles. The van der Waals surface area contributed by atoms with Gasteiger partial charge in [0.25, 0.3) is 0 Å². The maximum atomic E-state index is 12.5. The van der Waals surface area contributed by atoms with Gasteiger partial charge in [-0.1, -0.05) is 13.8 Å². The molecule has 1 aromatic rings. The molecule has 0 aliphatic carbocycles. The number of carbonyl (C=O) groups is 2. The molecule has 0 saturated carbocycles. The Kier molecular flexibility index (Phi) is 6.44. The molecule has 1 aliphatic rings. The van der Waals surface area contributed by atoms with Crippen molar-refractivity contribution in [3.63, 3.8) is 0 Å². The number of hydrogen-bond acceptors (Lipinski definition) is 5. The number of rotatable bonds is 6. The van der Waals surface area contributed by atoms with E-state index < -0.39 is 12.1 Å². The van der Waals surface area contributed by atoms with Gasteiger partial charge in [0.1, 0.15) is 17.9 Å². The molecule has 2 rings (SSSR count). The smallest absolute Gasteiger partial charge is 0.405 e. The fraction of sp³-hybridized carbons (Fsp3) is 0.588. The number of pyridine rings is 1. The van der Waals surface area contributed by atoms with Gasteiger partial charge in [-0.3, -0.25) is 4.79 Å². The lowest BCUT2D eigenvalue weighted by Gasteiger charge is -2.35. The van der Waals surface area contributed by atoms with E-state index in [0.29, 0.717) is 37.6 Å².